The van der Waals surface area contributed by atoms with Crippen molar-refractivity contribution in [1.29, 1.82) is 0 Å². The van der Waals surface area contributed by atoms with Crippen molar-refractivity contribution in [2.45, 2.75) is 62.3 Å². The molecule has 1 aliphatic carbocycles. The highest BCUT2D eigenvalue weighted by Crippen LogP contribution is 2.39. The van der Waals surface area contributed by atoms with Crippen LogP contribution in [0.25, 0.3) is 0 Å². The number of nitrogens with zero attached hydrogens (tertiary/aromatic N) is 3. The number of amides is 1. The Balaban J connectivity index is 1.14. The first-order valence-electron chi connectivity index (χ1n) is 11.7. The van der Waals surface area contributed by atoms with Gasteiger partial charge in [-0.3, -0.25) is 14.2 Å². The Morgan fingerprint density at radius 1 is 1.17 bits per heavy atom. The number of anilines is 1. The highest BCUT2D eigenvalue weighted by Gasteiger charge is 2.43. The maximum absolute atomic E-state index is 13.5. The molecule has 2 saturated heterocycles. The topological polar surface area (TPSA) is 77.9 Å². The minimum absolute atomic E-state index is 0.00873. The first kappa shape index (κ1) is 25.1. The van der Waals surface area contributed by atoms with E-state index in [0.717, 1.165) is 11.8 Å². The third-order valence-electron chi connectivity index (χ3n) is 6.78. The van der Waals surface area contributed by atoms with E-state index < -0.39 is 18.3 Å². The molecule has 1 saturated carbocycles. The fraction of sp³-hybridized carbons (Fsp3) is 0.565. The molecular formula is C23H25ClF4N4O4. The van der Waals surface area contributed by atoms with Crippen molar-refractivity contribution >= 4 is 23.2 Å². The Morgan fingerprint density at radius 3 is 2.56 bits per heavy atom. The maximum atomic E-state index is 13.5. The Hall–Kier alpha value is -2.57. The van der Waals surface area contributed by atoms with Gasteiger partial charge < -0.3 is 19.7 Å². The Kier molecular flexibility index (Phi) is 7.01. The fourth-order valence-corrected chi connectivity index (χ4v) is 5.26. The van der Waals surface area contributed by atoms with Gasteiger partial charge in [0.25, 0.3) is 5.91 Å². The first-order chi connectivity index (χ1) is 17.1. The number of rotatable bonds is 7. The molecule has 13 heteroatoms. The lowest BCUT2D eigenvalue weighted by molar-refractivity contribution is -0.353. The van der Waals surface area contributed by atoms with Crippen molar-refractivity contribution in [1.82, 2.24) is 15.1 Å². The summed E-state index contributed by atoms with van der Waals surface area (Å²) in [5.74, 6) is -0.715. The summed E-state index contributed by atoms with van der Waals surface area (Å²) < 4.78 is 67.6. The maximum Gasteiger partial charge on any atom is 0.522 e. The Labute approximate surface area is 209 Å². The molecule has 1 aromatic heterocycles. The molecule has 2 bridgehead atoms. The van der Waals surface area contributed by atoms with Gasteiger partial charge in [0.05, 0.1) is 54.4 Å². The van der Waals surface area contributed by atoms with Gasteiger partial charge in [-0.1, -0.05) is 11.6 Å². The van der Waals surface area contributed by atoms with Crippen molar-refractivity contribution in [2.24, 2.45) is 0 Å². The number of halogens is 5. The third kappa shape index (κ3) is 5.70. The van der Waals surface area contributed by atoms with Gasteiger partial charge in [0, 0.05) is 18.3 Å². The molecule has 36 heavy (non-hydrogen) atoms. The zero-order valence-electron chi connectivity index (χ0n) is 19.1. The molecule has 2 unspecified atom stereocenters. The minimum Gasteiger partial charge on any atom is -0.484 e. The molecule has 5 rings (SSSR count). The molecule has 1 amide bonds. The lowest BCUT2D eigenvalue weighted by Gasteiger charge is -2.49. The van der Waals surface area contributed by atoms with E-state index in [9.17, 15) is 22.4 Å². The van der Waals surface area contributed by atoms with E-state index in [1.165, 1.54) is 12.1 Å². The van der Waals surface area contributed by atoms with E-state index in [4.69, 9.17) is 21.1 Å². The monoisotopic (exact) mass is 532 g/mol. The summed E-state index contributed by atoms with van der Waals surface area (Å²) in [6.45, 7) is 0.722. The molecule has 3 aliphatic rings. The summed E-state index contributed by atoms with van der Waals surface area (Å²) in [5, 5.41) is 7.35. The van der Waals surface area contributed by atoms with Gasteiger partial charge >= 0.3 is 6.36 Å². The van der Waals surface area contributed by atoms with Gasteiger partial charge in [0.2, 0.25) is 0 Å². The van der Waals surface area contributed by atoms with Crippen LogP contribution in [0.3, 0.4) is 0 Å². The number of carbonyl (C=O) groups is 1. The van der Waals surface area contributed by atoms with Crippen LogP contribution in [-0.4, -0.2) is 66.1 Å². The minimum atomic E-state index is -4.62. The van der Waals surface area contributed by atoms with Crippen LogP contribution in [0.4, 0.5) is 23.2 Å². The molecule has 2 atom stereocenters. The molecule has 1 N–H and O–H groups in total. The molecule has 3 fully saturated rings. The molecule has 2 aliphatic heterocycles. The van der Waals surface area contributed by atoms with Crippen LogP contribution in [0.5, 0.6) is 5.75 Å². The largest absolute Gasteiger partial charge is 0.522 e. The van der Waals surface area contributed by atoms with Crippen LogP contribution in [0.1, 0.15) is 31.7 Å². The Morgan fingerprint density at radius 2 is 1.89 bits per heavy atom. The number of piperidine rings is 1. The second kappa shape index (κ2) is 10.1. The lowest BCUT2D eigenvalue weighted by atomic mass is 9.89. The molecular weight excluding hydrogens is 508 g/mol. The standard InChI is InChI=1S/C23H25ClF4N4O4/c24-20-2-1-18(7-21(20)25)35-12-22(33)30-13-3-15-10-34-11-16(4-13)32(15)17-8-29-31(9-17)14-5-19(6-14)36-23(26,27)28/h1-2,7-9,13-16,19H,3-6,10-12H2,(H,30,33). The summed E-state index contributed by atoms with van der Waals surface area (Å²) in [6, 6.07) is 3.79. The number of morpholine rings is 1. The van der Waals surface area contributed by atoms with Crippen LogP contribution in [0.15, 0.2) is 30.6 Å². The average Bonchev–Trinajstić information content (AvgIpc) is 3.25. The number of benzene rings is 1. The van der Waals surface area contributed by atoms with Gasteiger partial charge in [-0.25, -0.2) is 4.39 Å². The summed E-state index contributed by atoms with van der Waals surface area (Å²) in [7, 11) is 0. The van der Waals surface area contributed by atoms with Gasteiger partial charge in [0.1, 0.15) is 11.6 Å². The van der Waals surface area contributed by atoms with Crippen LogP contribution in [-0.2, 0) is 14.3 Å². The van der Waals surface area contributed by atoms with Crippen molar-refractivity contribution in [3.05, 3.63) is 41.4 Å². The number of nitrogens with one attached hydrogen (secondary N) is 1. The van der Waals surface area contributed by atoms with E-state index in [0.29, 0.717) is 26.1 Å². The van der Waals surface area contributed by atoms with Crippen LogP contribution in [0, 0.1) is 5.82 Å². The quantitative estimate of drug-likeness (QED) is 0.546. The normalized spacial score (nSPS) is 27.9. The molecule has 0 spiro atoms. The fourth-order valence-electron chi connectivity index (χ4n) is 5.14. The second-order valence-corrected chi connectivity index (χ2v) is 9.75. The molecule has 0 radical (unpaired) electrons. The Bertz CT molecular complexity index is 1080. The number of aromatic nitrogens is 2. The van der Waals surface area contributed by atoms with Gasteiger partial charge in [-0.2, -0.15) is 5.10 Å². The number of ether oxygens (including phenoxy) is 3. The molecule has 2 aromatic rings. The molecule has 1 aromatic carbocycles. The number of fused-ring (bicyclic) bond motifs is 2. The predicted octanol–water partition coefficient (Wildman–Crippen LogP) is 3.85. The van der Waals surface area contributed by atoms with Gasteiger partial charge in [0.15, 0.2) is 6.61 Å². The van der Waals surface area contributed by atoms with Gasteiger partial charge in [-0.15, -0.1) is 13.2 Å². The third-order valence-corrected chi connectivity index (χ3v) is 7.08. The van der Waals surface area contributed by atoms with Crippen molar-refractivity contribution in [2.75, 3.05) is 24.7 Å². The van der Waals surface area contributed by atoms with Crippen LogP contribution < -0.4 is 15.0 Å². The van der Waals surface area contributed by atoms with Crippen LogP contribution >= 0.6 is 11.6 Å². The van der Waals surface area contributed by atoms with Gasteiger partial charge in [-0.05, 0) is 37.8 Å². The molecule has 196 valence electrons. The number of carbonyl (C=O) groups excluding carboxylic acids is 1. The molecule has 8 nitrogen and oxygen atoms in total. The van der Waals surface area contributed by atoms with E-state index in [2.05, 4.69) is 20.1 Å². The number of hydrogen-bond donors (Lipinski definition) is 1. The van der Waals surface area contributed by atoms with Crippen LogP contribution in [0.2, 0.25) is 5.02 Å². The highest BCUT2D eigenvalue weighted by molar-refractivity contribution is 6.30. The summed E-state index contributed by atoms with van der Waals surface area (Å²) in [6.07, 6.45) is -0.0641. The molecule has 3 heterocycles. The van der Waals surface area contributed by atoms with Crippen molar-refractivity contribution in [3.8, 4) is 5.75 Å². The predicted molar refractivity (Wildman–Crippen MR) is 120 cm³/mol. The summed E-state index contributed by atoms with van der Waals surface area (Å²) in [4.78, 5) is 14.7. The van der Waals surface area contributed by atoms with E-state index in [1.807, 2.05) is 6.20 Å². The van der Waals surface area contributed by atoms with E-state index in [-0.39, 0.29) is 60.3 Å². The first-order valence-corrected chi connectivity index (χ1v) is 12.0. The number of hydrogen-bond acceptors (Lipinski definition) is 6. The zero-order valence-corrected chi connectivity index (χ0v) is 19.8. The van der Waals surface area contributed by atoms with Crippen molar-refractivity contribution < 1.29 is 36.6 Å². The smallest absolute Gasteiger partial charge is 0.484 e. The summed E-state index contributed by atoms with van der Waals surface area (Å²) >= 11 is 5.66. The lowest BCUT2D eigenvalue weighted by Crippen LogP contribution is -2.61. The van der Waals surface area contributed by atoms with E-state index in [1.54, 1.807) is 10.9 Å². The zero-order chi connectivity index (χ0) is 25.4. The highest BCUT2D eigenvalue weighted by atomic mass is 35.5. The average molecular weight is 533 g/mol. The second-order valence-electron chi connectivity index (χ2n) is 9.34. The van der Waals surface area contributed by atoms with E-state index >= 15 is 0 Å². The van der Waals surface area contributed by atoms with Crippen molar-refractivity contribution in [3.63, 3.8) is 0 Å². The number of alkyl halides is 3. The summed E-state index contributed by atoms with van der Waals surface area (Å²) in [5.41, 5.74) is 0.881. The SMILES string of the molecule is O=C(COc1ccc(Cl)c(F)c1)NC1CC2COCC(C1)N2c1cnn(C2CC(OC(F)(F)F)C2)c1.